The van der Waals surface area contributed by atoms with Gasteiger partial charge in [0.05, 0.1) is 0 Å². The molecule has 1 aromatic rings. The second-order valence-corrected chi connectivity index (χ2v) is 10.9. The van der Waals surface area contributed by atoms with Gasteiger partial charge in [-0.3, -0.25) is 0 Å². The molecule has 0 atom stereocenters. The van der Waals surface area contributed by atoms with Crippen molar-refractivity contribution in [1.82, 2.24) is 0 Å². The molecule has 2 aliphatic rings. The van der Waals surface area contributed by atoms with Crippen molar-refractivity contribution in [3.8, 4) is 0 Å². The Kier molecular flexibility index (Phi) is 11.9. The van der Waals surface area contributed by atoms with Gasteiger partial charge in [-0.25, -0.2) is 8.78 Å². The van der Waals surface area contributed by atoms with Crippen molar-refractivity contribution in [2.45, 2.75) is 129 Å². The maximum Gasteiger partial charge on any atom is 0.129 e. The van der Waals surface area contributed by atoms with Crippen LogP contribution in [0, 0.1) is 23.5 Å². The molecule has 1 fully saturated rings. The molecule has 0 nitrogen and oxygen atoms in total. The van der Waals surface area contributed by atoms with E-state index in [0.29, 0.717) is 6.42 Å². The van der Waals surface area contributed by atoms with Gasteiger partial charge in [0.25, 0.3) is 0 Å². The van der Waals surface area contributed by atoms with E-state index < -0.39 is 0 Å². The van der Waals surface area contributed by atoms with E-state index in [4.69, 9.17) is 0 Å². The molecule has 0 saturated heterocycles. The van der Waals surface area contributed by atoms with Crippen LogP contribution in [0.5, 0.6) is 0 Å². The Hall–Kier alpha value is -1.44. The van der Waals surface area contributed by atoms with Gasteiger partial charge in [0.1, 0.15) is 11.6 Å². The summed E-state index contributed by atoms with van der Waals surface area (Å²) in [7, 11) is 0. The molecule has 0 aliphatic heterocycles. The van der Waals surface area contributed by atoms with Gasteiger partial charge >= 0.3 is 0 Å². The van der Waals surface area contributed by atoms with E-state index >= 15 is 0 Å². The number of unbranched alkanes of at least 4 members (excludes halogenated alkanes) is 8. The summed E-state index contributed by atoms with van der Waals surface area (Å²) < 4.78 is 29.0. The van der Waals surface area contributed by atoms with Crippen molar-refractivity contribution in [2.75, 3.05) is 0 Å². The predicted molar refractivity (Wildman–Crippen MR) is 143 cm³/mol. The number of allylic oxidation sites excluding steroid dienone is 4. The normalized spacial score (nSPS) is 20.8. The second kappa shape index (κ2) is 14.8. The summed E-state index contributed by atoms with van der Waals surface area (Å²) >= 11 is 0. The first-order valence-electron chi connectivity index (χ1n) is 14.5. The Labute approximate surface area is 208 Å². The minimum absolute atomic E-state index is 0.252. The molecule has 0 aromatic heterocycles. The van der Waals surface area contributed by atoms with E-state index in [2.05, 4.69) is 19.1 Å². The molecule has 0 heterocycles. The Morgan fingerprint density at radius 2 is 1.32 bits per heavy atom. The van der Waals surface area contributed by atoms with E-state index in [0.717, 1.165) is 48.7 Å². The molecule has 0 bridgehead atoms. The molecular formula is C32H48F2. The molecule has 0 N–H and O–H groups in total. The average molecular weight is 471 g/mol. The highest BCUT2D eigenvalue weighted by atomic mass is 19.1. The predicted octanol–water partition coefficient (Wildman–Crippen LogP) is 10.7. The van der Waals surface area contributed by atoms with Gasteiger partial charge in [-0.05, 0) is 86.5 Å². The molecule has 0 radical (unpaired) electrons. The smallest absolute Gasteiger partial charge is 0.129 e. The number of benzene rings is 1. The van der Waals surface area contributed by atoms with E-state index in [1.54, 1.807) is 17.7 Å². The lowest BCUT2D eigenvalue weighted by molar-refractivity contribution is 0.278. The highest BCUT2D eigenvalue weighted by Crippen LogP contribution is 2.40. The van der Waals surface area contributed by atoms with Gasteiger partial charge in [0.15, 0.2) is 0 Å². The summed E-state index contributed by atoms with van der Waals surface area (Å²) in [4.78, 5) is 0. The van der Waals surface area contributed by atoms with Crippen molar-refractivity contribution in [1.29, 1.82) is 0 Å². The minimum Gasteiger partial charge on any atom is -0.207 e. The van der Waals surface area contributed by atoms with Crippen LogP contribution in [-0.4, -0.2) is 0 Å². The molecule has 34 heavy (non-hydrogen) atoms. The zero-order valence-corrected chi connectivity index (χ0v) is 21.9. The maximum atomic E-state index is 14.5. The van der Waals surface area contributed by atoms with Crippen molar-refractivity contribution in [2.24, 2.45) is 11.8 Å². The monoisotopic (exact) mass is 470 g/mol. The molecule has 2 aliphatic carbocycles. The highest BCUT2D eigenvalue weighted by Gasteiger charge is 2.25. The number of hydrogen-bond donors (Lipinski definition) is 0. The zero-order chi connectivity index (χ0) is 24.2. The molecule has 0 amide bonds. The van der Waals surface area contributed by atoms with Gasteiger partial charge in [0.2, 0.25) is 0 Å². The van der Waals surface area contributed by atoms with E-state index in [1.165, 1.54) is 83.5 Å². The lowest BCUT2D eigenvalue weighted by atomic mass is 9.74. The van der Waals surface area contributed by atoms with Crippen molar-refractivity contribution in [3.05, 3.63) is 52.6 Å². The Bertz CT molecular complexity index is 772. The molecule has 0 spiro atoms. The van der Waals surface area contributed by atoms with Crippen LogP contribution in [0.2, 0.25) is 0 Å². The van der Waals surface area contributed by atoms with E-state index in [1.807, 2.05) is 6.92 Å². The summed E-state index contributed by atoms with van der Waals surface area (Å²) in [6.07, 6.45) is 26.7. The summed E-state index contributed by atoms with van der Waals surface area (Å²) in [5.41, 5.74) is 3.61. The van der Waals surface area contributed by atoms with E-state index in [9.17, 15) is 8.78 Å². The fraction of sp³-hybridized carbons (Fsp3) is 0.688. The lowest BCUT2D eigenvalue weighted by Crippen LogP contribution is -2.17. The minimum atomic E-state index is -0.381. The van der Waals surface area contributed by atoms with Crippen LogP contribution < -0.4 is 0 Å². The highest BCUT2D eigenvalue weighted by molar-refractivity contribution is 5.69. The van der Waals surface area contributed by atoms with Crippen LogP contribution in [0.3, 0.4) is 0 Å². The van der Waals surface area contributed by atoms with Crippen molar-refractivity contribution in [3.63, 3.8) is 0 Å². The number of rotatable bonds is 14. The Morgan fingerprint density at radius 1 is 0.706 bits per heavy atom. The van der Waals surface area contributed by atoms with Crippen LogP contribution in [0.1, 0.15) is 134 Å². The SMILES string of the molecule is CCCCCCCCCCC1CCC(C2=CC=C(c3cc(F)c(CCCC)c(F)c3)CC2)CC1. The number of halogens is 2. The van der Waals surface area contributed by atoms with Crippen molar-refractivity contribution >= 4 is 5.57 Å². The third-order valence-electron chi connectivity index (χ3n) is 8.31. The molecule has 3 rings (SSSR count). The van der Waals surface area contributed by atoms with Crippen LogP contribution in [0.15, 0.2) is 29.9 Å². The maximum absolute atomic E-state index is 14.5. The Morgan fingerprint density at radius 3 is 1.91 bits per heavy atom. The molecular weight excluding hydrogens is 422 g/mol. The fourth-order valence-corrected chi connectivity index (χ4v) is 6.00. The quantitative estimate of drug-likeness (QED) is 0.237. The Balaban J connectivity index is 1.41. The van der Waals surface area contributed by atoms with Gasteiger partial charge in [0, 0.05) is 5.56 Å². The lowest BCUT2D eigenvalue weighted by Gasteiger charge is -2.31. The summed E-state index contributed by atoms with van der Waals surface area (Å²) in [5, 5.41) is 0. The molecule has 2 heteroatoms. The van der Waals surface area contributed by atoms with Crippen LogP contribution in [0.4, 0.5) is 8.78 Å². The average Bonchev–Trinajstić information content (AvgIpc) is 2.85. The molecule has 0 unspecified atom stereocenters. The fourth-order valence-electron chi connectivity index (χ4n) is 6.00. The van der Waals surface area contributed by atoms with Gasteiger partial charge in [-0.15, -0.1) is 0 Å². The van der Waals surface area contributed by atoms with Gasteiger partial charge in [-0.1, -0.05) is 95.8 Å². The molecule has 1 saturated carbocycles. The van der Waals surface area contributed by atoms with Gasteiger partial charge < -0.3 is 0 Å². The standard InChI is InChI=1S/C32H48F2/c1-3-5-7-8-9-10-11-12-13-25-15-17-26(18-16-25)27-19-21-28(22-20-27)29-23-31(33)30(14-6-4-2)32(34)24-29/h19,21,23-26H,3-18,20,22H2,1-2H3. The second-order valence-electron chi connectivity index (χ2n) is 10.9. The first-order chi connectivity index (χ1) is 16.6. The van der Waals surface area contributed by atoms with Crippen LogP contribution in [0.25, 0.3) is 5.57 Å². The molecule has 190 valence electrons. The van der Waals surface area contributed by atoms with Crippen LogP contribution in [-0.2, 0) is 6.42 Å². The summed E-state index contributed by atoms with van der Waals surface area (Å²) in [6, 6.07) is 3.10. The summed E-state index contributed by atoms with van der Waals surface area (Å²) in [5.74, 6) is 0.893. The largest absolute Gasteiger partial charge is 0.207 e. The van der Waals surface area contributed by atoms with Gasteiger partial charge in [-0.2, -0.15) is 0 Å². The first-order valence-corrected chi connectivity index (χ1v) is 14.5. The third kappa shape index (κ3) is 8.35. The molecule has 1 aromatic carbocycles. The van der Waals surface area contributed by atoms with Crippen molar-refractivity contribution < 1.29 is 8.78 Å². The van der Waals surface area contributed by atoms with E-state index in [-0.39, 0.29) is 17.2 Å². The van der Waals surface area contributed by atoms with Crippen LogP contribution >= 0.6 is 0 Å². The summed E-state index contributed by atoms with van der Waals surface area (Å²) in [6.45, 7) is 4.33. The third-order valence-corrected chi connectivity index (χ3v) is 8.31. The zero-order valence-electron chi connectivity index (χ0n) is 21.9. The topological polar surface area (TPSA) is 0 Å². The number of hydrogen-bond acceptors (Lipinski definition) is 0. The first kappa shape index (κ1) is 27.2.